The van der Waals surface area contributed by atoms with E-state index in [2.05, 4.69) is 26.1 Å². The lowest BCUT2D eigenvalue weighted by molar-refractivity contribution is -0.141. The number of hydrogen-bond acceptors (Lipinski definition) is 6. The second-order valence-electron chi connectivity index (χ2n) is 7.89. The zero-order chi connectivity index (χ0) is 21.4. The topological polar surface area (TPSA) is 92.7 Å². The van der Waals surface area contributed by atoms with E-state index < -0.39 is 0 Å². The lowest BCUT2D eigenvalue weighted by atomic mass is 9.81. The Balaban J connectivity index is 1.41. The van der Waals surface area contributed by atoms with Crippen LogP contribution in [0, 0.1) is 5.92 Å². The minimum atomic E-state index is -0.341. The van der Waals surface area contributed by atoms with Crippen molar-refractivity contribution in [1.29, 1.82) is 0 Å². The molecule has 2 aliphatic rings. The average molecular weight is 485 g/mol. The Labute approximate surface area is 187 Å². The SMILES string of the molecule is O=C1C2CCCCC2N(Cc2nc(-c3cccc(Br)c3)no2)C(=O)N1Cc1ccco1. The minimum absolute atomic E-state index is 0.122. The van der Waals surface area contributed by atoms with Gasteiger partial charge in [0.15, 0.2) is 0 Å². The molecule has 1 saturated heterocycles. The molecule has 3 aromatic rings. The van der Waals surface area contributed by atoms with Crippen LogP contribution in [0.3, 0.4) is 0 Å². The highest BCUT2D eigenvalue weighted by atomic mass is 79.9. The second kappa shape index (κ2) is 8.30. The van der Waals surface area contributed by atoms with Crippen molar-refractivity contribution in [2.24, 2.45) is 5.92 Å². The number of amides is 3. The Hall–Kier alpha value is -2.94. The normalized spacial score (nSPS) is 21.5. The number of urea groups is 1. The highest BCUT2D eigenvalue weighted by Crippen LogP contribution is 2.36. The second-order valence-corrected chi connectivity index (χ2v) is 8.81. The summed E-state index contributed by atoms with van der Waals surface area (Å²) in [5.74, 6) is 1.05. The van der Waals surface area contributed by atoms with Gasteiger partial charge in [0.05, 0.1) is 18.7 Å². The van der Waals surface area contributed by atoms with Crippen molar-refractivity contribution >= 4 is 27.9 Å². The predicted molar refractivity (Wildman–Crippen MR) is 113 cm³/mol. The predicted octanol–water partition coefficient (Wildman–Crippen LogP) is 4.62. The number of nitrogens with zero attached hydrogens (tertiary/aromatic N) is 4. The number of aromatic nitrogens is 2. The molecule has 2 fully saturated rings. The fourth-order valence-electron chi connectivity index (χ4n) is 4.46. The van der Waals surface area contributed by atoms with Gasteiger partial charge >= 0.3 is 6.03 Å². The maximum atomic E-state index is 13.3. The number of furan rings is 1. The molecule has 9 heteroatoms. The van der Waals surface area contributed by atoms with Crippen molar-refractivity contribution in [2.45, 2.75) is 44.8 Å². The number of benzene rings is 1. The van der Waals surface area contributed by atoms with Crippen LogP contribution >= 0.6 is 15.9 Å². The lowest BCUT2D eigenvalue weighted by Gasteiger charge is -2.46. The van der Waals surface area contributed by atoms with Crippen LogP contribution in [0.5, 0.6) is 0 Å². The van der Waals surface area contributed by atoms with Crippen LogP contribution in [-0.2, 0) is 17.9 Å². The van der Waals surface area contributed by atoms with Gasteiger partial charge in [0.2, 0.25) is 17.6 Å². The Morgan fingerprint density at radius 3 is 2.77 bits per heavy atom. The molecular formula is C22H21BrN4O4. The molecular weight excluding hydrogens is 464 g/mol. The molecule has 0 radical (unpaired) electrons. The summed E-state index contributed by atoms with van der Waals surface area (Å²) >= 11 is 3.44. The maximum absolute atomic E-state index is 13.3. The molecule has 160 valence electrons. The van der Waals surface area contributed by atoms with E-state index in [1.807, 2.05) is 24.3 Å². The van der Waals surface area contributed by atoms with Gasteiger partial charge in [-0.3, -0.25) is 9.69 Å². The third-order valence-electron chi connectivity index (χ3n) is 5.94. The van der Waals surface area contributed by atoms with Crippen molar-refractivity contribution in [2.75, 3.05) is 0 Å². The first kappa shape index (κ1) is 20.0. The lowest BCUT2D eigenvalue weighted by Crippen LogP contribution is -2.61. The summed E-state index contributed by atoms with van der Waals surface area (Å²) in [6.45, 7) is 0.292. The molecule has 2 unspecified atom stereocenters. The van der Waals surface area contributed by atoms with Gasteiger partial charge in [-0.25, -0.2) is 4.79 Å². The molecule has 0 N–H and O–H groups in total. The number of fused-ring (bicyclic) bond motifs is 1. The molecule has 5 rings (SSSR count). The molecule has 3 heterocycles. The van der Waals surface area contributed by atoms with Gasteiger partial charge < -0.3 is 13.8 Å². The van der Waals surface area contributed by atoms with Gasteiger partial charge in [0.1, 0.15) is 12.3 Å². The van der Waals surface area contributed by atoms with Crippen molar-refractivity contribution in [3.8, 4) is 11.4 Å². The Kier molecular flexibility index (Phi) is 5.35. The summed E-state index contributed by atoms with van der Waals surface area (Å²) < 4.78 is 11.8. The van der Waals surface area contributed by atoms with Crippen LogP contribution in [0.25, 0.3) is 11.4 Å². The van der Waals surface area contributed by atoms with Gasteiger partial charge in [-0.1, -0.05) is 46.1 Å². The van der Waals surface area contributed by atoms with Crippen molar-refractivity contribution in [3.05, 3.63) is 58.8 Å². The standard InChI is InChI=1S/C22H21BrN4O4/c23-15-6-3-5-14(11-15)20-24-19(31-25-20)13-26-18-9-2-1-8-17(18)21(28)27(22(26)29)12-16-7-4-10-30-16/h3-7,10-11,17-18H,1-2,8-9,12-13H2. The van der Waals surface area contributed by atoms with E-state index >= 15 is 0 Å². The fraction of sp³-hybridized carbons (Fsp3) is 0.364. The molecule has 8 nitrogen and oxygen atoms in total. The Bertz CT molecular complexity index is 1100. The number of imide groups is 1. The van der Waals surface area contributed by atoms with E-state index in [0.29, 0.717) is 17.5 Å². The van der Waals surface area contributed by atoms with Gasteiger partial charge in [0, 0.05) is 16.1 Å². The van der Waals surface area contributed by atoms with Crippen LogP contribution in [0.15, 0.2) is 56.1 Å². The van der Waals surface area contributed by atoms with Crippen LogP contribution in [0.2, 0.25) is 0 Å². The summed E-state index contributed by atoms with van der Waals surface area (Å²) in [4.78, 5) is 33.9. The van der Waals surface area contributed by atoms with Crippen LogP contribution < -0.4 is 0 Å². The highest BCUT2D eigenvalue weighted by Gasteiger charge is 2.47. The summed E-state index contributed by atoms with van der Waals surface area (Å²) in [6.07, 6.45) is 5.08. The van der Waals surface area contributed by atoms with Gasteiger partial charge in [-0.05, 0) is 37.1 Å². The van der Waals surface area contributed by atoms with Crippen LogP contribution in [0.4, 0.5) is 4.79 Å². The summed E-state index contributed by atoms with van der Waals surface area (Å²) in [5, 5.41) is 4.08. The van der Waals surface area contributed by atoms with Crippen LogP contribution in [0.1, 0.15) is 37.3 Å². The first-order valence-corrected chi connectivity index (χ1v) is 11.1. The molecule has 1 saturated carbocycles. The largest absolute Gasteiger partial charge is 0.467 e. The van der Waals surface area contributed by atoms with Gasteiger partial charge in [-0.2, -0.15) is 4.98 Å². The van der Waals surface area contributed by atoms with E-state index in [0.717, 1.165) is 35.7 Å². The van der Waals surface area contributed by atoms with Gasteiger partial charge in [-0.15, -0.1) is 0 Å². The van der Waals surface area contributed by atoms with E-state index in [9.17, 15) is 9.59 Å². The molecule has 0 bridgehead atoms. The minimum Gasteiger partial charge on any atom is -0.467 e. The van der Waals surface area contributed by atoms with Crippen LogP contribution in [-0.4, -0.2) is 37.9 Å². The number of carbonyl (C=O) groups is 2. The molecule has 2 atom stereocenters. The van der Waals surface area contributed by atoms with E-state index in [4.69, 9.17) is 8.94 Å². The number of rotatable bonds is 5. The summed E-state index contributed by atoms with van der Waals surface area (Å²) in [5.41, 5.74) is 0.819. The Morgan fingerprint density at radius 1 is 1.10 bits per heavy atom. The molecule has 0 spiro atoms. The smallest absolute Gasteiger partial charge is 0.327 e. The zero-order valence-corrected chi connectivity index (χ0v) is 18.3. The van der Waals surface area contributed by atoms with E-state index in [1.165, 1.54) is 11.2 Å². The molecule has 3 amide bonds. The molecule has 31 heavy (non-hydrogen) atoms. The average Bonchev–Trinajstić information content (AvgIpc) is 3.46. The molecule has 1 aliphatic carbocycles. The quantitative estimate of drug-likeness (QED) is 0.524. The first-order valence-electron chi connectivity index (χ1n) is 10.3. The monoisotopic (exact) mass is 484 g/mol. The molecule has 2 aromatic heterocycles. The number of halogens is 1. The summed E-state index contributed by atoms with van der Waals surface area (Å²) in [6, 6.07) is 10.6. The first-order chi connectivity index (χ1) is 15.1. The zero-order valence-electron chi connectivity index (χ0n) is 16.7. The van der Waals surface area contributed by atoms with E-state index in [-0.39, 0.29) is 37.0 Å². The number of hydrogen-bond donors (Lipinski definition) is 0. The summed E-state index contributed by atoms with van der Waals surface area (Å²) in [7, 11) is 0. The van der Waals surface area contributed by atoms with Gasteiger partial charge in [0.25, 0.3) is 0 Å². The molecule has 1 aromatic carbocycles. The van der Waals surface area contributed by atoms with E-state index in [1.54, 1.807) is 17.0 Å². The van der Waals surface area contributed by atoms with Crippen molar-refractivity contribution in [3.63, 3.8) is 0 Å². The fourth-order valence-corrected chi connectivity index (χ4v) is 4.86. The number of carbonyl (C=O) groups excluding carboxylic acids is 2. The Morgan fingerprint density at radius 2 is 1.97 bits per heavy atom. The maximum Gasteiger partial charge on any atom is 0.327 e. The third-order valence-corrected chi connectivity index (χ3v) is 6.43. The van der Waals surface area contributed by atoms with Crippen molar-refractivity contribution in [1.82, 2.24) is 19.9 Å². The molecule has 1 aliphatic heterocycles. The van der Waals surface area contributed by atoms with Crippen molar-refractivity contribution < 1.29 is 18.5 Å². The highest BCUT2D eigenvalue weighted by molar-refractivity contribution is 9.10. The third kappa shape index (κ3) is 3.89.